The standard InChI is InChI=1S/C14H23FN2O/c1-3-5-6-8-18-14-12(10-16-7-4-2)9-13(15)11-17-14/h9,11,16H,3-8,10H2,1-2H3. The van der Waals surface area contributed by atoms with Crippen molar-refractivity contribution in [1.82, 2.24) is 10.3 Å². The molecule has 1 aromatic rings. The summed E-state index contributed by atoms with van der Waals surface area (Å²) >= 11 is 0. The molecule has 1 rings (SSSR count). The highest BCUT2D eigenvalue weighted by Gasteiger charge is 2.06. The molecular weight excluding hydrogens is 231 g/mol. The Morgan fingerprint density at radius 1 is 1.28 bits per heavy atom. The van der Waals surface area contributed by atoms with Crippen LogP contribution in [0.2, 0.25) is 0 Å². The average Bonchev–Trinajstić information content (AvgIpc) is 2.37. The Morgan fingerprint density at radius 2 is 2.11 bits per heavy atom. The minimum Gasteiger partial charge on any atom is -0.477 e. The fourth-order valence-electron chi connectivity index (χ4n) is 1.65. The van der Waals surface area contributed by atoms with E-state index in [-0.39, 0.29) is 5.82 Å². The molecule has 0 spiro atoms. The van der Waals surface area contributed by atoms with Gasteiger partial charge >= 0.3 is 0 Å². The maximum atomic E-state index is 13.2. The first-order valence-electron chi connectivity index (χ1n) is 6.75. The normalized spacial score (nSPS) is 10.6. The molecule has 0 aromatic carbocycles. The Labute approximate surface area is 109 Å². The molecule has 0 aliphatic carbocycles. The number of hydrogen-bond acceptors (Lipinski definition) is 3. The van der Waals surface area contributed by atoms with Gasteiger partial charge in [0.05, 0.1) is 12.8 Å². The number of halogens is 1. The van der Waals surface area contributed by atoms with Crippen molar-refractivity contribution in [3.05, 3.63) is 23.6 Å². The van der Waals surface area contributed by atoms with Gasteiger partial charge in [0.1, 0.15) is 5.82 Å². The second-order valence-electron chi connectivity index (χ2n) is 4.35. The van der Waals surface area contributed by atoms with Gasteiger partial charge in [-0.15, -0.1) is 0 Å². The monoisotopic (exact) mass is 254 g/mol. The first-order valence-corrected chi connectivity index (χ1v) is 6.75. The van der Waals surface area contributed by atoms with Crippen LogP contribution in [0.25, 0.3) is 0 Å². The lowest BCUT2D eigenvalue weighted by Gasteiger charge is -2.10. The highest BCUT2D eigenvalue weighted by molar-refractivity contribution is 5.26. The summed E-state index contributed by atoms with van der Waals surface area (Å²) < 4.78 is 18.8. The molecule has 0 saturated carbocycles. The minimum absolute atomic E-state index is 0.316. The number of nitrogens with one attached hydrogen (secondary N) is 1. The van der Waals surface area contributed by atoms with Crippen LogP contribution in [0.15, 0.2) is 12.3 Å². The summed E-state index contributed by atoms with van der Waals surface area (Å²) in [5.41, 5.74) is 0.792. The van der Waals surface area contributed by atoms with Crippen molar-refractivity contribution in [1.29, 1.82) is 0 Å². The van der Waals surface area contributed by atoms with Gasteiger partial charge in [-0.3, -0.25) is 0 Å². The molecule has 102 valence electrons. The highest BCUT2D eigenvalue weighted by atomic mass is 19.1. The third-order valence-electron chi connectivity index (χ3n) is 2.62. The first-order chi connectivity index (χ1) is 8.77. The zero-order chi connectivity index (χ0) is 13.2. The summed E-state index contributed by atoms with van der Waals surface area (Å²) in [7, 11) is 0. The summed E-state index contributed by atoms with van der Waals surface area (Å²) in [6.07, 6.45) is 5.57. The van der Waals surface area contributed by atoms with Gasteiger partial charge in [-0.2, -0.15) is 0 Å². The molecule has 0 radical (unpaired) electrons. The Hall–Kier alpha value is -1.16. The molecule has 18 heavy (non-hydrogen) atoms. The van der Waals surface area contributed by atoms with E-state index in [9.17, 15) is 4.39 Å². The summed E-state index contributed by atoms with van der Waals surface area (Å²) in [6, 6.07) is 1.49. The van der Waals surface area contributed by atoms with E-state index in [2.05, 4.69) is 24.1 Å². The zero-order valence-electron chi connectivity index (χ0n) is 11.3. The topological polar surface area (TPSA) is 34.1 Å². The van der Waals surface area contributed by atoms with Crippen molar-refractivity contribution in [3.63, 3.8) is 0 Å². The minimum atomic E-state index is -0.316. The fourth-order valence-corrected chi connectivity index (χ4v) is 1.65. The molecule has 0 bridgehead atoms. The second kappa shape index (κ2) is 8.86. The van der Waals surface area contributed by atoms with Gasteiger partial charge in [0.25, 0.3) is 0 Å². The van der Waals surface area contributed by atoms with E-state index in [1.807, 2.05) is 0 Å². The van der Waals surface area contributed by atoms with Crippen molar-refractivity contribution >= 4 is 0 Å². The maximum absolute atomic E-state index is 13.2. The molecule has 0 atom stereocenters. The Kier molecular flexibility index (Phi) is 7.34. The van der Waals surface area contributed by atoms with Crippen LogP contribution in [0.1, 0.15) is 45.1 Å². The average molecular weight is 254 g/mol. The largest absolute Gasteiger partial charge is 0.477 e. The number of aromatic nitrogens is 1. The van der Waals surface area contributed by atoms with Crippen LogP contribution in [-0.2, 0) is 6.54 Å². The summed E-state index contributed by atoms with van der Waals surface area (Å²) in [5.74, 6) is 0.236. The van der Waals surface area contributed by atoms with E-state index < -0.39 is 0 Å². The lowest BCUT2D eigenvalue weighted by Crippen LogP contribution is -2.15. The maximum Gasteiger partial charge on any atom is 0.218 e. The predicted molar refractivity (Wildman–Crippen MR) is 71.2 cm³/mol. The van der Waals surface area contributed by atoms with Crippen molar-refractivity contribution in [2.45, 2.75) is 46.1 Å². The highest BCUT2D eigenvalue weighted by Crippen LogP contribution is 2.16. The first kappa shape index (κ1) is 14.9. The number of pyridine rings is 1. The zero-order valence-corrected chi connectivity index (χ0v) is 11.3. The molecular formula is C14H23FN2O. The summed E-state index contributed by atoms with van der Waals surface area (Å²) in [6.45, 7) is 6.40. The number of unbranched alkanes of at least 4 members (excludes halogenated alkanes) is 2. The van der Waals surface area contributed by atoms with Crippen LogP contribution in [0.4, 0.5) is 4.39 Å². The van der Waals surface area contributed by atoms with E-state index >= 15 is 0 Å². The fraction of sp³-hybridized carbons (Fsp3) is 0.643. The SMILES string of the molecule is CCCCCOc1ncc(F)cc1CNCCC. The van der Waals surface area contributed by atoms with E-state index in [1.54, 1.807) is 0 Å². The number of rotatable bonds is 9. The van der Waals surface area contributed by atoms with E-state index in [4.69, 9.17) is 4.74 Å². The van der Waals surface area contributed by atoms with E-state index in [0.717, 1.165) is 37.8 Å². The molecule has 0 unspecified atom stereocenters. The third kappa shape index (κ3) is 5.45. The van der Waals surface area contributed by atoms with Crippen LogP contribution in [0.3, 0.4) is 0 Å². The van der Waals surface area contributed by atoms with E-state index in [1.165, 1.54) is 12.3 Å². The second-order valence-corrected chi connectivity index (χ2v) is 4.35. The van der Waals surface area contributed by atoms with Gasteiger partial charge in [0.2, 0.25) is 5.88 Å². The molecule has 3 nitrogen and oxygen atoms in total. The molecule has 0 amide bonds. The lowest BCUT2D eigenvalue weighted by molar-refractivity contribution is 0.290. The van der Waals surface area contributed by atoms with Gasteiger partial charge < -0.3 is 10.1 Å². The van der Waals surface area contributed by atoms with Gasteiger partial charge in [0, 0.05) is 12.1 Å². The Bertz CT molecular complexity index is 345. The molecule has 1 N–H and O–H groups in total. The quantitative estimate of drug-likeness (QED) is 0.687. The van der Waals surface area contributed by atoms with Gasteiger partial charge in [-0.1, -0.05) is 26.7 Å². The summed E-state index contributed by atoms with van der Waals surface area (Å²) in [5, 5.41) is 3.23. The van der Waals surface area contributed by atoms with Crippen LogP contribution in [0, 0.1) is 5.82 Å². The molecule has 0 aliphatic heterocycles. The van der Waals surface area contributed by atoms with Crippen LogP contribution in [-0.4, -0.2) is 18.1 Å². The molecule has 0 fully saturated rings. The van der Waals surface area contributed by atoms with Gasteiger partial charge in [-0.25, -0.2) is 9.37 Å². The van der Waals surface area contributed by atoms with Crippen LogP contribution in [0.5, 0.6) is 5.88 Å². The Balaban J connectivity index is 2.52. The van der Waals surface area contributed by atoms with Crippen LogP contribution >= 0.6 is 0 Å². The van der Waals surface area contributed by atoms with Crippen molar-refractivity contribution in [3.8, 4) is 5.88 Å². The Morgan fingerprint density at radius 3 is 2.83 bits per heavy atom. The van der Waals surface area contributed by atoms with Crippen molar-refractivity contribution in [2.24, 2.45) is 0 Å². The van der Waals surface area contributed by atoms with Crippen molar-refractivity contribution in [2.75, 3.05) is 13.2 Å². The summed E-state index contributed by atoms with van der Waals surface area (Å²) in [4.78, 5) is 4.02. The number of ether oxygens (including phenoxy) is 1. The van der Waals surface area contributed by atoms with E-state index in [0.29, 0.717) is 19.0 Å². The number of hydrogen-bond donors (Lipinski definition) is 1. The molecule has 0 aliphatic rings. The van der Waals surface area contributed by atoms with Gasteiger partial charge in [0.15, 0.2) is 0 Å². The van der Waals surface area contributed by atoms with Crippen LogP contribution < -0.4 is 10.1 Å². The predicted octanol–water partition coefficient (Wildman–Crippen LogP) is 3.29. The molecule has 4 heteroatoms. The molecule has 1 aromatic heterocycles. The molecule has 1 heterocycles. The van der Waals surface area contributed by atoms with Crippen molar-refractivity contribution < 1.29 is 9.13 Å². The third-order valence-corrected chi connectivity index (χ3v) is 2.62. The smallest absolute Gasteiger partial charge is 0.218 e. The number of nitrogens with zero attached hydrogens (tertiary/aromatic N) is 1. The van der Waals surface area contributed by atoms with Gasteiger partial charge in [-0.05, 0) is 25.5 Å². The molecule has 0 saturated heterocycles. The lowest BCUT2D eigenvalue weighted by atomic mass is 10.2.